The van der Waals surface area contributed by atoms with Gasteiger partial charge in [0.2, 0.25) is 0 Å². The van der Waals surface area contributed by atoms with Gasteiger partial charge in [-0.15, -0.1) is 0 Å². The van der Waals surface area contributed by atoms with E-state index in [0.717, 1.165) is 36.9 Å². The summed E-state index contributed by atoms with van der Waals surface area (Å²) in [4.78, 5) is 34.8. The Hall–Kier alpha value is -3.35. The maximum absolute atomic E-state index is 14.7. The molecule has 1 spiro atoms. The van der Waals surface area contributed by atoms with Crippen LogP contribution in [0.1, 0.15) is 48.1 Å². The van der Waals surface area contributed by atoms with Gasteiger partial charge in [0.1, 0.15) is 18.1 Å². The van der Waals surface area contributed by atoms with E-state index in [1.54, 1.807) is 33.1 Å². The van der Waals surface area contributed by atoms with Gasteiger partial charge in [-0.1, -0.05) is 35.9 Å². The zero-order chi connectivity index (χ0) is 33.7. The van der Waals surface area contributed by atoms with Crippen molar-refractivity contribution in [2.24, 2.45) is 16.1 Å². The Morgan fingerprint density at radius 1 is 1.13 bits per heavy atom. The summed E-state index contributed by atoms with van der Waals surface area (Å²) in [5.41, 5.74) is 9.56. The van der Waals surface area contributed by atoms with Crippen LogP contribution in [0.25, 0.3) is 0 Å². The highest BCUT2D eigenvalue weighted by Gasteiger charge is 2.71. The third-order valence-corrected chi connectivity index (χ3v) is 10.6. The highest BCUT2D eigenvalue weighted by Crippen LogP contribution is 2.60. The highest BCUT2D eigenvalue weighted by atomic mass is 35.5. The number of likely N-dealkylation sites (N-methyl/N-ethyl adjacent to an activating group) is 2. The van der Waals surface area contributed by atoms with E-state index >= 15 is 0 Å². The summed E-state index contributed by atoms with van der Waals surface area (Å²) in [5.74, 6) is -2.54. The summed E-state index contributed by atoms with van der Waals surface area (Å²) in [7, 11) is 8.96. The summed E-state index contributed by atoms with van der Waals surface area (Å²) in [5, 5.41) is 0.117. The van der Waals surface area contributed by atoms with Crippen molar-refractivity contribution >= 4 is 29.0 Å². The molecule has 0 radical (unpaired) electrons. The number of halogens is 3. The predicted octanol–water partition coefficient (Wildman–Crippen LogP) is 3.81. The molecular weight excluding hydrogens is 626 g/mol. The molecule has 2 N–H and O–H groups in total. The smallest absolute Gasteiger partial charge is 0.318 e. The molecule has 2 aliphatic carbocycles. The molecule has 0 saturated heterocycles. The minimum Gasteiger partial charge on any atom is -0.463 e. The number of aromatic nitrogens is 2. The van der Waals surface area contributed by atoms with Crippen molar-refractivity contribution in [2.75, 3.05) is 72.9 Å². The number of nitrogens with zero attached hydrogens (tertiary/aromatic N) is 7. The van der Waals surface area contributed by atoms with Crippen LogP contribution >= 0.6 is 11.6 Å². The van der Waals surface area contributed by atoms with Crippen LogP contribution in [0.5, 0.6) is 6.01 Å². The molecule has 3 heterocycles. The maximum Gasteiger partial charge on any atom is 0.318 e. The summed E-state index contributed by atoms with van der Waals surface area (Å²) >= 11 is 6.70. The van der Waals surface area contributed by atoms with Gasteiger partial charge in [0.05, 0.1) is 33.9 Å². The highest BCUT2D eigenvalue weighted by molar-refractivity contribution is 6.45. The largest absolute Gasteiger partial charge is 0.463 e. The average molecular weight is 671 g/mol. The number of benzene rings is 1. The topological polar surface area (TPSA) is 103 Å². The van der Waals surface area contributed by atoms with Gasteiger partial charge in [-0.05, 0) is 58.0 Å². The van der Waals surface area contributed by atoms with Gasteiger partial charge in [0, 0.05) is 58.7 Å². The molecule has 1 aromatic heterocycles. The fourth-order valence-corrected chi connectivity index (χ4v) is 7.77. The lowest BCUT2D eigenvalue weighted by Gasteiger charge is -2.49. The molecule has 2 atom stereocenters. The van der Waals surface area contributed by atoms with Crippen LogP contribution in [-0.4, -0.2) is 110 Å². The number of nitrogens with two attached hydrogens (primary N) is 1. The van der Waals surface area contributed by atoms with Crippen molar-refractivity contribution in [3.8, 4) is 6.01 Å². The second-order valence-electron chi connectivity index (χ2n) is 14.0. The molecule has 2 aliphatic heterocycles. The van der Waals surface area contributed by atoms with Gasteiger partial charge in [0.15, 0.2) is 0 Å². The van der Waals surface area contributed by atoms with Crippen molar-refractivity contribution < 1.29 is 18.3 Å². The van der Waals surface area contributed by atoms with Crippen LogP contribution in [0, 0.1) is 5.41 Å². The van der Waals surface area contributed by atoms with E-state index in [1.165, 1.54) is 16.0 Å². The number of hydrogen-bond donors (Lipinski definition) is 1. The Bertz CT molecular complexity index is 1610. The Labute approximate surface area is 280 Å². The second-order valence-corrected chi connectivity index (χ2v) is 14.4. The number of ether oxygens (including phenoxy) is 1. The molecule has 254 valence electrons. The van der Waals surface area contributed by atoms with Crippen molar-refractivity contribution in [2.45, 2.75) is 56.5 Å². The van der Waals surface area contributed by atoms with E-state index in [2.05, 4.69) is 46.1 Å². The molecule has 10 nitrogen and oxygen atoms in total. The lowest BCUT2D eigenvalue weighted by molar-refractivity contribution is -0.124. The standard InChI is InChI=1S/C34H45ClF2N8O2/c1-42(2)20-32(19-34(32,36)37)21-47-31-40-25-16-33(13-8-11-22-10-6-7-12-24(22)33)44(5)17-23(25)29(41-31)45-15-9-14-39-26(18-45)27(35)28(38)30(46)43(3)4/h6-7,10,12H,8-9,11,13-21,38H2,1-5H3/t32?,33-/m0/s1. The predicted molar refractivity (Wildman–Crippen MR) is 179 cm³/mol. The summed E-state index contributed by atoms with van der Waals surface area (Å²) in [6.07, 6.45) is 4.20. The molecule has 6 rings (SSSR count). The molecule has 47 heavy (non-hydrogen) atoms. The summed E-state index contributed by atoms with van der Waals surface area (Å²) in [6, 6.07) is 8.71. The maximum atomic E-state index is 14.7. The Kier molecular flexibility index (Phi) is 8.99. The van der Waals surface area contributed by atoms with E-state index in [1.807, 2.05) is 0 Å². The van der Waals surface area contributed by atoms with Crippen molar-refractivity contribution in [3.05, 3.63) is 57.4 Å². The number of rotatable bonds is 8. The molecule has 4 aliphatic rings. The van der Waals surface area contributed by atoms with Crippen molar-refractivity contribution in [1.29, 1.82) is 0 Å². The molecule has 1 aromatic carbocycles. The van der Waals surface area contributed by atoms with Crippen LogP contribution in [-0.2, 0) is 29.7 Å². The number of carbonyl (C=O) groups excluding carboxylic acids is 1. The molecule has 1 fully saturated rings. The number of carbonyl (C=O) groups is 1. The Morgan fingerprint density at radius 2 is 1.87 bits per heavy atom. The Morgan fingerprint density at radius 3 is 2.57 bits per heavy atom. The number of alkyl halides is 2. The van der Waals surface area contributed by atoms with Crippen LogP contribution in [0.2, 0.25) is 0 Å². The number of aryl methyl sites for hydroxylation is 1. The third kappa shape index (κ3) is 6.20. The third-order valence-electron chi connectivity index (χ3n) is 10.2. The quantitative estimate of drug-likeness (QED) is 0.423. The number of fused-ring (bicyclic) bond motifs is 3. The fourth-order valence-electron chi connectivity index (χ4n) is 7.57. The van der Waals surface area contributed by atoms with Crippen LogP contribution in [0.3, 0.4) is 0 Å². The first-order valence-electron chi connectivity index (χ1n) is 16.3. The molecule has 1 amide bonds. The monoisotopic (exact) mass is 670 g/mol. The van der Waals surface area contributed by atoms with Crippen LogP contribution in [0.15, 0.2) is 40.0 Å². The second kappa shape index (κ2) is 12.6. The van der Waals surface area contributed by atoms with Crippen molar-refractivity contribution in [3.63, 3.8) is 0 Å². The molecule has 1 unspecified atom stereocenters. The minimum absolute atomic E-state index is 0.0693. The SMILES string of the molecule is CN(C)CC1(COc2nc3c(c(N4CCCN=C(C(Cl)=C(N)C(=O)N(C)C)C4)n2)CN(C)[C@@]2(CCCc4ccccc42)C3)CC1(F)F. The summed E-state index contributed by atoms with van der Waals surface area (Å²) < 4.78 is 35.5. The van der Waals surface area contributed by atoms with Gasteiger partial charge in [-0.25, -0.2) is 8.78 Å². The molecule has 0 bridgehead atoms. The van der Waals surface area contributed by atoms with Gasteiger partial charge in [-0.3, -0.25) is 14.7 Å². The van der Waals surface area contributed by atoms with Crippen LogP contribution < -0.4 is 15.4 Å². The lowest BCUT2D eigenvalue weighted by Crippen LogP contribution is -2.51. The molecule has 2 aromatic rings. The first-order chi connectivity index (χ1) is 22.3. The van der Waals surface area contributed by atoms with Crippen LogP contribution in [0.4, 0.5) is 14.6 Å². The normalized spacial score (nSPS) is 25.8. The zero-order valence-electron chi connectivity index (χ0n) is 28.0. The fraction of sp³-hybridized carbons (Fsp3) is 0.588. The molecule has 13 heteroatoms. The van der Waals surface area contributed by atoms with E-state index in [4.69, 9.17) is 32.0 Å². The Balaban J connectivity index is 1.40. The number of hydrogen-bond acceptors (Lipinski definition) is 9. The molecular formula is C34H45ClF2N8O2. The van der Waals surface area contributed by atoms with E-state index in [9.17, 15) is 13.6 Å². The number of aliphatic imine (C=N–C) groups is 1. The number of amides is 1. The van der Waals surface area contributed by atoms with E-state index in [0.29, 0.717) is 37.6 Å². The zero-order valence-corrected chi connectivity index (χ0v) is 28.7. The van der Waals surface area contributed by atoms with E-state index < -0.39 is 17.2 Å². The molecule has 1 saturated carbocycles. The van der Waals surface area contributed by atoms with Crippen molar-refractivity contribution in [1.82, 2.24) is 24.7 Å². The minimum atomic E-state index is -2.81. The van der Waals surface area contributed by atoms with Gasteiger partial charge >= 0.3 is 6.01 Å². The van der Waals surface area contributed by atoms with Gasteiger partial charge in [-0.2, -0.15) is 9.97 Å². The average Bonchev–Trinajstić information content (AvgIpc) is 3.67. The first kappa shape index (κ1) is 33.5. The summed E-state index contributed by atoms with van der Waals surface area (Å²) in [6.45, 7) is 1.99. The lowest BCUT2D eigenvalue weighted by atomic mass is 9.71. The van der Waals surface area contributed by atoms with Gasteiger partial charge in [0.25, 0.3) is 11.8 Å². The van der Waals surface area contributed by atoms with E-state index in [-0.39, 0.29) is 48.4 Å². The first-order valence-corrected chi connectivity index (χ1v) is 16.6. The van der Waals surface area contributed by atoms with Gasteiger partial charge < -0.3 is 25.2 Å². The number of anilines is 1.